The minimum atomic E-state index is 0.603. The van der Waals surface area contributed by atoms with Crippen molar-refractivity contribution < 1.29 is 0 Å². The average Bonchev–Trinajstić information content (AvgIpc) is 2.89. The monoisotopic (exact) mass is 285 g/mol. The first kappa shape index (κ1) is 12.6. The number of pyridine rings is 2. The van der Waals surface area contributed by atoms with Crippen LogP contribution in [0.2, 0.25) is 5.02 Å². The lowest BCUT2D eigenvalue weighted by atomic mass is 10.3. The number of imidazole rings is 1. The second-order valence-corrected chi connectivity index (χ2v) is 4.76. The molecule has 0 aromatic carbocycles. The molecule has 0 unspecified atom stereocenters. The van der Waals surface area contributed by atoms with Gasteiger partial charge in [0.1, 0.15) is 17.3 Å². The number of hydrogen-bond acceptors (Lipinski definition) is 4. The zero-order valence-corrected chi connectivity index (χ0v) is 11.5. The van der Waals surface area contributed by atoms with Crippen LogP contribution in [0.1, 0.15) is 0 Å². The van der Waals surface area contributed by atoms with Gasteiger partial charge in [0, 0.05) is 19.4 Å². The van der Waals surface area contributed by atoms with E-state index in [-0.39, 0.29) is 0 Å². The Morgan fingerprint density at radius 2 is 1.95 bits per heavy atom. The molecule has 0 saturated carbocycles. The largest absolute Gasteiger partial charge is 0.340 e. The molecule has 3 aromatic rings. The summed E-state index contributed by atoms with van der Waals surface area (Å²) in [5.41, 5.74) is 1.64. The van der Waals surface area contributed by atoms with Gasteiger partial charge in [-0.15, -0.1) is 0 Å². The Morgan fingerprint density at radius 3 is 2.65 bits per heavy atom. The van der Waals surface area contributed by atoms with Crippen LogP contribution in [0, 0.1) is 0 Å². The second kappa shape index (κ2) is 5.30. The first-order valence-corrected chi connectivity index (χ1v) is 6.42. The molecule has 1 N–H and O–H groups in total. The number of halogens is 1. The van der Waals surface area contributed by atoms with E-state index in [2.05, 4.69) is 20.3 Å². The lowest BCUT2D eigenvalue weighted by Gasteiger charge is -2.05. The number of aryl methyl sites for hydroxylation is 1. The Hall–Kier alpha value is -2.40. The molecule has 6 heteroatoms. The fraction of sp³-hybridized carbons (Fsp3) is 0.0714. The fourth-order valence-electron chi connectivity index (χ4n) is 1.77. The third-order valence-corrected chi connectivity index (χ3v) is 2.92. The average molecular weight is 286 g/mol. The molecule has 0 fully saturated rings. The summed E-state index contributed by atoms with van der Waals surface area (Å²) >= 11 is 5.81. The summed E-state index contributed by atoms with van der Waals surface area (Å²) in [5.74, 6) is 1.41. The number of anilines is 2. The highest BCUT2D eigenvalue weighted by Crippen LogP contribution is 2.19. The maximum absolute atomic E-state index is 5.81. The quantitative estimate of drug-likeness (QED) is 0.802. The standard InChI is InChI=1S/C14H12ClN5/c1-20-8-12(17-9-20)11-3-2-4-14(18-11)19-13-6-5-10(15)7-16-13/h2-9H,1H3,(H,16,18,19). The molecule has 0 atom stereocenters. The van der Waals surface area contributed by atoms with Gasteiger partial charge in [0.05, 0.1) is 17.0 Å². The van der Waals surface area contributed by atoms with E-state index in [9.17, 15) is 0 Å². The lowest BCUT2D eigenvalue weighted by Crippen LogP contribution is -1.96. The maximum atomic E-state index is 5.81. The van der Waals surface area contributed by atoms with E-state index in [1.807, 2.05) is 36.0 Å². The summed E-state index contributed by atoms with van der Waals surface area (Å²) in [6.07, 6.45) is 5.26. The van der Waals surface area contributed by atoms with Gasteiger partial charge >= 0.3 is 0 Å². The van der Waals surface area contributed by atoms with Crippen LogP contribution in [-0.2, 0) is 7.05 Å². The van der Waals surface area contributed by atoms with E-state index in [1.54, 1.807) is 24.7 Å². The van der Waals surface area contributed by atoms with Crippen molar-refractivity contribution in [1.82, 2.24) is 19.5 Å². The van der Waals surface area contributed by atoms with Crippen molar-refractivity contribution >= 4 is 23.2 Å². The summed E-state index contributed by atoms with van der Waals surface area (Å²) < 4.78 is 1.89. The molecule has 0 radical (unpaired) electrons. The summed E-state index contributed by atoms with van der Waals surface area (Å²) in [6, 6.07) is 9.30. The molecule has 0 aliphatic carbocycles. The van der Waals surface area contributed by atoms with Crippen LogP contribution in [0.4, 0.5) is 11.6 Å². The molecule has 0 amide bonds. The van der Waals surface area contributed by atoms with Crippen molar-refractivity contribution in [1.29, 1.82) is 0 Å². The van der Waals surface area contributed by atoms with Crippen LogP contribution >= 0.6 is 11.6 Å². The highest BCUT2D eigenvalue weighted by atomic mass is 35.5. The predicted octanol–water partition coefficient (Wildman–Crippen LogP) is 3.27. The van der Waals surface area contributed by atoms with Gasteiger partial charge < -0.3 is 9.88 Å². The maximum Gasteiger partial charge on any atom is 0.132 e. The molecule has 0 bridgehead atoms. The number of nitrogens with one attached hydrogen (secondary N) is 1. The first-order chi connectivity index (χ1) is 9.70. The molecule has 3 heterocycles. The van der Waals surface area contributed by atoms with Crippen LogP contribution in [-0.4, -0.2) is 19.5 Å². The van der Waals surface area contributed by atoms with Crippen molar-refractivity contribution in [2.75, 3.05) is 5.32 Å². The fourth-order valence-corrected chi connectivity index (χ4v) is 1.88. The van der Waals surface area contributed by atoms with Gasteiger partial charge in [-0.25, -0.2) is 15.0 Å². The molecule has 100 valence electrons. The van der Waals surface area contributed by atoms with Crippen molar-refractivity contribution in [2.24, 2.45) is 7.05 Å². The van der Waals surface area contributed by atoms with Crippen LogP contribution < -0.4 is 5.32 Å². The van der Waals surface area contributed by atoms with Crippen LogP contribution in [0.25, 0.3) is 11.4 Å². The van der Waals surface area contributed by atoms with E-state index in [1.165, 1.54) is 0 Å². The third-order valence-electron chi connectivity index (χ3n) is 2.70. The molecule has 0 aliphatic heterocycles. The van der Waals surface area contributed by atoms with Gasteiger partial charge in [0.25, 0.3) is 0 Å². The Balaban J connectivity index is 1.86. The van der Waals surface area contributed by atoms with Crippen molar-refractivity contribution in [3.8, 4) is 11.4 Å². The normalized spacial score (nSPS) is 10.5. The van der Waals surface area contributed by atoms with Crippen LogP contribution in [0.3, 0.4) is 0 Å². The molecule has 0 spiro atoms. The van der Waals surface area contributed by atoms with E-state index in [0.717, 1.165) is 11.4 Å². The number of nitrogens with zero attached hydrogens (tertiary/aromatic N) is 4. The highest BCUT2D eigenvalue weighted by Gasteiger charge is 2.04. The minimum absolute atomic E-state index is 0.603. The third kappa shape index (κ3) is 2.78. The van der Waals surface area contributed by atoms with E-state index >= 15 is 0 Å². The van der Waals surface area contributed by atoms with Gasteiger partial charge in [-0.05, 0) is 24.3 Å². The Morgan fingerprint density at radius 1 is 1.05 bits per heavy atom. The number of hydrogen-bond donors (Lipinski definition) is 1. The van der Waals surface area contributed by atoms with Crippen molar-refractivity contribution in [2.45, 2.75) is 0 Å². The molecule has 0 aliphatic rings. The summed E-state index contributed by atoms with van der Waals surface area (Å²) in [5, 5.41) is 3.74. The van der Waals surface area contributed by atoms with Crippen LogP contribution in [0.5, 0.6) is 0 Å². The second-order valence-electron chi connectivity index (χ2n) is 4.32. The highest BCUT2D eigenvalue weighted by molar-refractivity contribution is 6.30. The topological polar surface area (TPSA) is 55.6 Å². The summed E-state index contributed by atoms with van der Waals surface area (Å²) in [7, 11) is 1.93. The van der Waals surface area contributed by atoms with E-state index in [0.29, 0.717) is 16.7 Å². The lowest BCUT2D eigenvalue weighted by molar-refractivity contribution is 0.913. The zero-order chi connectivity index (χ0) is 13.9. The number of rotatable bonds is 3. The molecule has 3 rings (SSSR count). The molecule has 0 saturated heterocycles. The summed E-state index contributed by atoms with van der Waals surface area (Å²) in [6.45, 7) is 0. The molecule has 3 aromatic heterocycles. The summed E-state index contributed by atoms with van der Waals surface area (Å²) in [4.78, 5) is 13.0. The van der Waals surface area contributed by atoms with E-state index in [4.69, 9.17) is 11.6 Å². The van der Waals surface area contributed by atoms with Crippen molar-refractivity contribution in [3.63, 3.8) is 0 Å². The predicted molar refractivity (Wildman–Crippen MR) is 79.0 cm³/mol. The Labute approximate surface area is 121 Å². The van der Waals surface area contributed by atoms with Crippen LogP contribution in [0.15, 0.2) is 49.1 Å². The Kier molecular flexibility index (Phi) is 3.35. The molecular formula is C14H12ClN5. The van der Waals surface area contributed by atoms with Gasteiger partial charge in [0.15, 0.2) is 0 Å². The first-order valence-electron chi connectivity index (χ1n) is 6.05. The van der Waals surface area contributed by atoms with Gasteiger partial charge in [-0.2, -0.15) is 0 Å². The SMILES string of the molecule is Cn1cnc(-c2cccc(Nc3ccc(Cl)cn3)n2)c1. The smallest absolute Gasteiger partial charge is 0.132 e. The molecule has 5 nitrogen and oxygen atoms in total. The van der Waals surface area contributed by atoms with Crippen molar-refractivity contribution in [3.05, 3.63) is 54.1 Å². The zero-order valence-electron chi connectivity index (χ0n) is 10.8. The number of aromatic nitrogens is 4. The Bertz CT molecular complexity index is 720. The molecular weight excluding hydrogens is 274 g/mol. The minimum Gasteiger partial charge on any atom is -0.340 e. The van der Waals surface area contributed by atoms with Gasteiger partial charge in [-0.1, -0.05) is 17.7 Å². The van der Waals surface area contributed by atoms with E-state index < -0.39 is 0 Å². The molecule has 20 heavy (non-hydrogen) atoms. The van der Waals surface area contributed by atoms with Gasteiger partial charge in [0.2, 0.25) is 0 Å². The van der Waals surface area contributed by atoms with Gasteiger partial charge in [-0.3, -0.25) is 0 Å².